The van der Waals surface area contributed by atoms with E-state index in [0.717, 1.165) is 4.90 Å². The molecular weight excluding hydrogens is 336 g/mol. The van der Waals surface area contributed by atoms with Crippen molar-refractivity contribution in [3.63, 3.8) is 0 Å². The standard InChI is InChI=1S/C19H18N2O5/c1-26-16(12-7-3-2-6-11(12)10-22)15(17(20)23)21-18(24)13-8-4-5-9-14(13)19(21)25/h2-9,15-16,22H,10H2,1H3,(H2,20,23). The van der Waals surface area contributed by atoms with Crippen LogP contribution in [0.2, 0.25) is 0 Å². The van der Waals surface area contributed by atoms with Crippen LogP contribution in [0.25, 0.3) is 0 Å². The van der Waals surface area contributed by atoms with Crippen LogP contribution < -0.4 is 5.73 Å². The summed E-state index contributed by atoms with van der Waals surface area (Å²) in [7, 11) is 1.35. The average molecular weight is 354 g/mol. The summed E-state index contributed by atoms with van der Waals surface area (Å²) in [4.78, 5) is 38.6. The summed E-state index contributed by atoms with van der Waals surface area (Å²) in [6.45, 7) is -0.288. The first kappa shape index (κ1) is 17.8. The summed E-state index contributed by atoms with van der Waals surface area (Å²) in [5, 5.41) is 9.58. The minimum absolute atomic E-state index is 0.217. The van der Waals surface area contributed by atoms with Gasteiger partial charge in [0.05, 0.1) is 17.7 Å². The van der Waals surface area contributed by atoms with Crippen LogP contribution in [0, 0.1) is 0 Å². The quantitative estimate of drug-likeness (QED) is 0.753. The van der Waals surface area contributed by atoms with Gasteiger partial charge in [-0.25, -0.2) is 0 Å². The molecule has 1 aliphatic rings. The largest absolute Gasteiger partial charge is 0.392 e. The molecule has 0 fully saturated rings. The fraction of sp³-hybridized carbons (Fsp3) is 0.211. The van der Waals surface area contributed by atoms with Gasteiger partial charge >= 0.3 is 0 Å². The summed E-state index contributed by atoms with van der Waals surface area (Å²) < 4.78 is 5.45. The van der Waals surface area contributed by atoms with Crippen molar-refractivity contribution in [1.82, 2.24) is 4.90 Å². The minimum Gasteiger partial charge on any atom is -0.392 e. The molecule has 2 aromatic carbocycles. The Morgan fingerprint density at radius 3 is 2.12 bits per heavy atom. The van der Waals surface area contributed by atoms with Crippen molar-refractivity contribution < 1.29 is 24.2 Å². The van der Waals surface area contributed by atoms with Crippen LogP contribution in [0.3, 0.4) is 0 Å². The summed E-state index contributed by atoms with van der Waals surface area (Å²) in [6.07, 6.45) is -1.00. The highest BCUT2D eigenvalue weighted by atomic mass is 16.5. The molecule has 1 aliphatic heterocycles. The van der Waals surface area contributed by atoms with Crippen molar-refractivity contribution in [2.75, 3.05) is 7.11 Å². The minimum atomic E-state index is -1.35. The molecule has 0 aromatic heterocycles. The molecule has 0 radical (unpaired) electrons. The SMILES string of the molecule is COC(c1ccccc1CO)C(C(N)=O)N1C(=O)c2ccccc2C1=O. The third kappa shape index (κ3) is 2.77. The van der Waals surface area contributed by atoms with Gasteiger partial charge in [0.25, 0.3) is 11.8 Å². The van der Waals surface area contributed by atoms with Gasteiger partial charge < -0.3 is 15.6 Å². The second-order valence-corrected chi connectivity index (χ2v) is 5.89. The molecule has 0 aliphatic carbocycles. The molecule has 26 heavy (non-hydrogen) atoms. The highest BCUT2D eigenvalue weighted by Gasteiger charge is 2.46. The number of nitrogens with two attached hydrogens (primary N) is 1. The zero-order valence-electron chi connectivity index (χ0n) is 14.1. The van der Waals surface area contributed by atoms with Gasteiger partial charge in [-0.05, 0) is 23.3 Å². The van der Waals surface area contributed by atoms with E-state index in [4.69, 9.17) is 10.5 Å². The fourth-order valence-corrected chi connectivity index (χ4v) is 3.25. The number of amides is 3. The summed E-state index contributed by atoms with van der Waals surface area (Å²) >= 11 is 0. The van der Waals surface area contributed by atoms with Crippen molar-refractivity contribution in [3.05, 3.63) is 70.8 Å². The molecule has 2 unspecified atom stereocenters. The highest BCUT2D eigenvalue weighted by Crippen LogP contribution is 2.33. The molecule has 0 saturated heterocycles. The van der Waals surface area contributed by atoms with Crippen molar-refractivity contribution in [3.8, 4) is 0 Å². The maximum Gasteiger partial charge on any atom is 0.262 e. The first-order valence-electron chi connectivity index (χ1n) is 7.99. The Bertz CT molecular complexity index is 845. The molecule has 2 atom stereocenters. The maximum absolute atomic E-state index is 12.8. The number of aliphatic hydroxyl groups is 1. The zero-order valence-corrected chi connectivity index (χ0v) is 14.1. The summed E-state index contributed by atoms with van der Waals surface area (Å²) in [5.41, 5.74) is 6.99. The molecule has 134 valence electrons. The summed E-state index contributed by atoms with van der Waals surface area (Å²) in [6, 6.07) is 11.7. The average Bonchev–Trinajstić information content (AvgIpc) is 2.90. The van der Waals surface area contributed by atoms with Gasteiger partial charge in [0.1, 0.15) is 12.1 Å². The van der Waals surface area contributed by atoms with E-state index in [0.29, 0.717) is 11.1 Å². The van der Waals surface area contributed by atoms with Crippen LogP contribution in [0.1, 0.15) is 37.9 Å². The third-order valence-electron chi connectivity index (χ3n) is 4.47. The number of nitrogens with zero attached hydrogens (tertiary/aromatic N) is 1. The number of hydrogen-bond acceptors (Lipinski definition) is 5. The Morgan fingerprint density at radius 2 is 1.62 bits per heavy atom. The fourth-order valence-electron chi connectivity index (χ4n) is 3.25. The van der Waals surface area contributed by atoms with E-state index in [9.17, 15) is 19.5 Å². The third-order valence-corrected chi connectivity index (χ3v) is 4.47. The molecule has 0 saturated carbocycles. The number of primary amides is 1. The Balaban J connectivity index is 2.09. The van der Waals surface area contributed by atoms with Crippen molar-refractivity contribution in [2.45, 2.75) is 18.8 Å². The molecule has 2 aromatic rings. The van der Waals surface area contributed by atoms with E-state index in [1.165, 1.54) is 19.2 Å². The number of benzene rings is 2. The monoisotopic (exact) mass is 354 g/mol. The number of methoxy groups -OCH3 is 1. The molecule has 3 amide bonds. The zero-order chi connectivity index (χ0) is 18.8. The lowest BCUT2D eigenvalue weighted by Gasteiger charge is -2.31. The second kappa shape index (κ2) is 7.07. The number of ether oxygens (including phenoxy) is 1. The van der Waals surface area contributed by atoms with Gasteiger partial charge in [-0.15, -0.1) is 0 Å². The first-order valence-corrected chi connectivity index (χ1v) is 7.99. The number of carbonyl (C=O) groups excluding carboxylic acids is 3. The van der Waals surface area contributed by atoms with Crippen molar-refractivity contribution in [1.29, 1.82) is 0 Å². The lowest BCUT2D eigenvalue weighted by atomic mass is 9.95. The Hall–Kier alpha value is -3.03. The molecule has 7 heteroatoms. The van der Waals surface area contributed by atoms with Crippen molar-refractivity contribution >= 4 is 17.7 Å². The van der Waals surface area contributed by atoms with E-state index in [1.807, 2.05) is 0 Å². The van der Waals surface area contributed by atoms with E-state index in [2.05, 4.69) is 0 Å². The van der Waals surface area contributed by atoms with E-state index >= 15 is 0 Å². The molecular formula is C19H18N2O5. The van der Waals surface area contributed by atoms with Crippen LogP contribution >= 0.6 is 0 Å². The number of imide groups is 1. The number of aliphatic hydroxyl groups excluding tert-OH is 1. The Morgan fingerprint density at radius 1 is 1.08 bits per heavy atom. The second-order valence-electron chi connectivity index (χ2n) is 5.89. The van der Waals surface area contributed by atoms with E-state index in [1.54, 1.807) is 36.4 Å². The van der Waals surface area contributed by atoms with Gasteiger partial charge in [-0.3, -0.25) is 19.3 Å². The number of hydrogen-bond donors (Lipinski definition) is 2. The molecule has 7 nitrogen and oxygen atoms in total. The molecule has 1 heterocycles. The van der Waals surface area contributed by atoms with Crippen LogP contribution in [0.15, 0.2) is 48.5 Å². The molecule has 0 spiro atoms. The number of rotatable bonds is 6. The van der Waals surface area contributed by atoms with Crippen LogP contribution in [0.4, 0.5) is 0 Å². The number of fused-ring (bicyclic) bond motifs is 1. The first-order chi connectivity index (χ1) is 12.5. The normalized spacial score (nSPS) is 15.7. The predicted octanol–water partition coefficient (Wildman–Crippen LogP) is 1.02. The van der Waals surface area contributed by atoms with Gasteiger partial charge in [-0.1, -0.05) is 36.4 Å². The van der Waals surface area contributed by atoms with Crippen molar-refractivity contribution in [2.24, 2.45) is 5.73 Å². The van der Waals surface area contributed by atoms with E-state index < -0.39 is 29.9 Å². The van der Waals surface area contributed by atoms with Crippen LogP contribution in [-0.4, -0.2) is 40.9 Å². The summed E-state index contributed by atoms with van der Waals surface area (Å²) in [5.74, 6) is -2.07. The van der Waals surface area contributed by atoms with Crippen LogP contribution in [0.5, 0.6) is 0 Å². The lowest BCUT2D eigenvalue weighted by molar-refractivity contribution is -0.126. The van der Waals surface area contributed by atoms with Gasteiger partial charge in [-0.2, -0.15) is 0 Å². The Kier molecular flexibility index (Phi) is 4.83. The molecule has 3 rings (SSSR count). The molecule has 0 bridgehead atoms. The topological polar surface area (TPSA) is 110 Å². The van der Waals surface area contributed by atoms with Gasteiger partial charge in [0, 0.05) is 7.11 Å². The molecule has 3 N–H and O–H groups in total. The van der Waals surface area contributed by atoms with E-state index in [-0.39, 0.29) is 17.7 Å². The van der Waals surface area contributed by atoms with Gasteiger partial charge in [0.15, 0.2) is 0 Å². The number of carbonyl (C=O) groups is 3. The van der Waals surface area contributed by atoms with Crippen LogP contribution in [-0.2, 0) is 16.1 Å². The van der Waals surface area contributed by atoms with Gasteiger partial charge in [0.2, 0.25) is 5.91 Å². The predicted molar refractivity (Wildman–Crippen MR) is 92.0 cm³/mol. The highest BCUT2D eigenvalue weighted by molar-refractivity contribution is 6.22. The maximum atomic E-state index is 12.8. The smallest absolute Gasteiger partial charge is 0.262 e. The lowest BCUT2D eigenvalue weighted by Crippen LogP contribution is -2.51. The Labute approximate surface area is 150 Å².